The number of nitrogens with zero attached hydrogens (tertiary/aromatic N) is 4. The van der Waals surface area contributed by atoms with Gasteiger partial charge in [0.1, 0.15) is 5.02 Å². The van der Waals surface area contributed by atoms with Gasteiger partial charge in [-0.3, -0.25) is 0 Å². The minimum absolute atomic E-state index is 0.602. The Balaban J connectivity index is 1.96. The summed E-state index contributed by atoms with van der Waals surface area (Å²) in [7, 11) is 2.03. The van der Waals surface area contributed by atoms with Gasteiger partial charge in [-0.25, -0.2) is 4.98 Å². The summed E-state index contributed by atoms with van der Waals surface area (Å²) in [5, 5.41) is 3.71. The van der Waals surface area contributed by atoms with Crippen LogP contribution in [0.5, 0.6) is 0 Å². The zero-order chi connectivity index (χ0) is 13.7. The second kappa shape index (κ2) is 6.91. The average molecular weight is 284 g/mol. The van der Waals surface area contributed by atoms with E-state index in [2.05, 4.69) is 25.1 Å². The SMILES string of the molecule is CCNc1ncc(Cl)c(N(C)CCN2CCCC2)n1. The number of likely N-dealkylation sites (tertiary alicyclic amines) is 1. The van der Waals surface area contributed by atoms with Crippen LogP contribution in [0.2, 0.25) is 5.02 Å². The summed E-state index contributed by atoms with van der Waals surface area (Å²) in [4.78, 5) is 13.2. The standard InChI is InChI=1S/C13H22ClN5/c1-3-15-13-16-10-11(14)12(17-13)18(2)8-9-19-6-4-5-7-19/h10H,3-9H2,1-2H3,(H,15,16,17). The van der Waals surface area contributed by atoms with Crippen LogP contribution in [0.4, 0.5) is 11.8 Å². The third-order valence-corrected chi connectivity index (χ3v) is 3.64. The molecule has 0 saturated carbocycles. The first-order chi connectivity index (χ1) is 9.20. The van der Waals surface area contributed by atoms with Gasteiger partial charge in [0.25, 0.3) is 0 Å². The lowest BCUT2D eigenvalue weighted by molar-refractivity contribution is 0.346. The molecule has 0 aromatic carbocycles. The lowest BCUT2D eigenvalue weighted by Gasteiger charge is -2.23. The van der Waals surface area contributed by atoms with E-state index in [9.17, 15) is 0 Å². The number of rotatable bonds is 6. The molecule has 1 aromatic heterocycles. The lowest BCUT2D eigenvalue weighted by Crippen LogP contribution is -2.32. The third-order valence-electron chi connectivity index (χ3n) is 3.37. The minimum atomic E-state index is 0.602. The fraction of sp³-hybridized carbons (Fsp3) is 0.692. The molecule has 1 aromatic rings. The number of likely N-dealkylation sites (N-methyl/N-ethyl adjacent to an activating group) is 1. The maximum Gasteiger partial charge on any atom is 0.224 e. The molecule has 5 nitrogen and oxygen atoms in total. The first kappa shape index (κ1) is 14.3. The van der Waals surface area contributed by atoms with E-state index in [0.717, 1.165) is 25.5 Å². The van der Waals surface area contributed by atoms with Crippen LogP contribution < -0.4 is 10.2 Å². The Morgan fingerprint density at radius 3 is 2.84 bits per heavy atom. The number of anilines is 2. The Kier molecular flexibility index (Phi) is 5.22. The smallest absolute Gasteiger partial charge is 0.224 e. The molecule has 1 aliphatic rings. The van der Waals surface area contributed by atoms with E-state index in [1.165, 1.54) is 25.9 Å². The second-order valence-electron chi connectivity index (χ2n) is 4.87. The number of hydrogen-bond donors (Lipinski definition) is 1. The molecule has 1 N–H and O–H groups in total. The molecule has 6 heteroatoms. The fourth-order valence-electron chi connectivity index (χ4n) is 2.27. The summed E-state index contributed by atoms with van der Waals surface area (Å²) in [5.41, 5.74) is 0. The molecule has 2 heterocycles. The van der Waals surface area contributed by atoms with Crippen LogP contribution in [0, 0.1) is 0 Å². The Bertz CT molecular complexity index is 406. The molecular weight excluding hydrogens is 262 g/mol. The van der Waals surface area contributed by atoms with E-state index >= 15 is 0 Å². The van der Waals surface area contributed by atoms with Crippen molar-refractivity contribution in [3.05, 3.63) is 11.2 Å². The van der Waals surface area contributed by atoms with Crippen molar-refractivity contribution in [3.8, 4) is 0 Å². The predicted octanol–water partition coefficient (Wildman–Crippen LogP) is 2.09. The van der Waals surface area contributed by atoms with Crippen LogP contribution in [0.15, 0.2) is 6.20 Å². The summed E-state index contributed by atoms with van der Waals surface area (Å²) >= 11 is 6.18. The van der Waals surface area contributed by atoms with Crippen LogP contribution in [-0.4, -0.2) is 54.6 Å². The van der Waals surface area contributed by atoms with E-state index < -0.39 is 0 Å². The summed E-state index contributed by atoms with van der Waals surface area (Å²) in [5.74, 6) is 1.43. The maximum atomic E-state index is 6.18. The van der Waals surface area contributed by atoms with Crippen molar-refractivity contribution in [2.45, 2.75) is 19.8 Å². The van der Waals surface area contributed by atoms with Gasteiger partial charge in [-0.1, -0.05) is 11.6 Å². The fourth-order valence-corrected chi connectivity index (χ4v) is 2.51. The topological polar surface area (TPSA) is 44.3 Å². The molecule has 0 spiro atoms. The molecule has 0 unspecified atom stereocenters. The Morgan fingerprint density at radius 2 is 2.16 bits per heavy atom. The maximum absolute atomic E-state index is 6.18. The van der Waals surface area contributed by atoms with E-state index in [1.54, 1.807) is 6.20 Å². The Labute approximate surface area is 120 Å². The molecule has 0 amide bonds. The highest BCUT2D eigenvalue weighted by molar-refractivity contribution is 6.32. The van der Waals surface area contributed by atoms with Crippen LogP contribution in [0.25, 0.3) is 0 Å². The molecule has 2 rings (SSSR count). The highest BCUT2D eigenvalue weighted by Crippen LogP contribution is 2.22. The molecule has 0 radical (unpaired) electrons. The minimum Gasteiger partial charge on any atom is -0.357 e. The zero-order valence-corrected chi connectivity index (χ0v) is 12.4. The van der Waals surface area contributed by atoms with E-state index in [-0.39, 0.29) is 0 Å². The first-order valence-corrected chi connectivity index (χ1v) is 7.28. The van der Waals surface area contributed by atoms with E-state index in [1.807, 2.05) is 14.0 Å². The Hall–Kier alpha value is -1.07. The third kappa shape index (κ3) is 3.94. The molecule has 0 atom stereocenters. The van der Waals surface area contributed by atoms with Crippen LogP contribution in [0.3, 0.4) is 0 Å². The predicted molar refractivity (Wildman–Crippen MR) is 80.1 cm³/mol. The molecule has 0 bridgehead atoms. The van der Waals surface area contributed by atoms with Crippen LogP contribution in [-0.2, 0) is 0 Å². The highest BCUT2D eigenvalue weighted by Gasteiger charge is 2.14. The Morgan fingerprint density at radius 1 is 1.42 bits per heavy atom. The number of halogens is 1. The molecule has 0 aliphatic carbocycles. The molecule has 106 valence electrons. The van der Waals surface area contributed by atoms with Crippen molar-refractivity contribution in [3.63, 3.8) is 0 Å². The summed E-state index contributed by atoms with van der Waals surface area (Å²) in [6.45, 7) is 7.25. The quantitative estimate of drug-likeness (QED) is 0.866. The molecule has 19 heavy (non-hydrogen) atoms. The summed E-state index contributed by atoms with van der Waals surface area (Å²) in [6.07, 6.45) is 4.30. The van der Waals surface area contributed by atoms with E-state index in [0.29, 0.717) is 11.0 Å². The van der Waals surface area contributed by atoms with Crippen molar-refractivity contribution in [2.75, 3.05) is 50.0 Å². The second-order valence-corrected chi connectivity index (χ2v) is 5.27. The van der Waals surface area contributed by atoms with Gasteiger partial charge >= 0.3 is 0 Å². The van der Waals surface area contributed by atoms with Gasteiger partial charge < -0.3 is 15.1 Å². The highest BCUT2D eigenvalue weighted by atomic mass is 35.5. The van der Waals surface area contributed by atoms with Crippen molar-refractivity contribution in [1.82, 2.24) is 14.9 Å². The van der Waals surface area contributed by atoms with Crippen LogP contribution in [0.1, 0.15) is 19.8 Å². The summed E-state index contributed by atoms with van der Waals surface area (Å²) < 4.78 is 0. The zero-order valence-electron chi connectivity index (χ0n) is 11.7. The number of nitrogens with one attached hydrogen (secondary N) is 1. The van der Waals surface area contributed by atoms with Gasteiger partial charge in [-0.2, -0.15) is 4.98 Å². The van der Waals surface area contributed by atoms with Crippen LogP contribution >= 0.6 is 11.6 Å². The summed E-state index contributed by atoms with van der Waals surface area (Å²) in [6, 6.07) is 0. The molecule has 1 saturated heterocycles. The average Bonchev–Trinajstić information content (AvgIpc) is 2.92. The van der Waals surface area contributed by atoms with Gasteiger partial charge in [0.15, 0.2) is 5.82 Å². The molecular formula is C13H22ClN5. The number of aromatic nitrogens is 2. The van der Waals surface area contributed by atoms with Crippen molar-refractivity contribution >= 4 is 23.4 Å². The molecule has 1 aliphatic heterocycles. The van der Waals surface area contributed by atoms with Crippen molar-refractivity contribution in [1.29, 1.82) is 0 Å². The van der Waals surface area contributed by atoms with Gasteiger partial charge in [-0.05, 0) is 32.9 Å². The lowest BCUT2D eigenvalue weighted by atomic mass is 10.4. The largest absolute Gasteiger partial charge is 0.357 e. The van der Waals surface area contributed by atoms with Gasteiger partial charge in [0.2, 0.25) is 5.95 Å². The van der Waals surface area contributed by atoms with Crippen molar-refractivity contribution in [2.24, 2.45) is 0 Å². The van der Waals surface area contributed by atoms with E-state index in [4.69, 9.17) is 11.6 Å². The van der Waals surface area contributed by atoms with Gasteiger partial charge in [0, 0.05) is 26.7 Å². The monoisotopic (exact) mass is 283 g/mol. The molecule has 1 fully saturated rings. The number of hydrogen-bond acceptors (Lipinski definition) is 5. The van der Waals surface area contributed by atoms with Gasteiger partial charge in [0.05, 0.1) is 6.20 Å². The normalized spacial score (nSPS) is 15.7. The van der Waals surface area contributed by atoms with Crippen molar-refractivity contribution < 1.29 is 0 Å². The van der Waals surface area contributed by atoms with Gasteiger partial charge in [-0.15, -0.1) is 0 Å². The first-order valence-electron chi connectivity index (χ1n) is 6.90.